The minimum atomic E-state index is -0.125. The lowest BCUT2D eigenvalue weighted by Gasteiger charge is -2.45. The van der Waals surface area contributed by atoms with Crippen LogP contribution in [-0.4, -0.2) is 24.9 Å². The first kappa shape index (κ1) is 27.4. The summed E-state index contributed by atoms with van der Waals surface area (Å²) in [6, 6.07) is 23.8. The summed E-state index contributed by atoms with van der Waals surface area (Å²) >= 11 is 0. The van der Waals surface area contributed by atoms with Crippen molar-refractivity contribution < 1.29 is 18.9 Å². The predicted molar refractivity (Wildman–Crippen MR) is 159 cm³/mol. The van der Waals surface area contributed by atoms with Gasteiger partial charge in [-0.1, -0.05) is 69.3 Å². The molecule has 2 aliphatic heterocycles. The molecule has 3 aliphatic rings. The lowest BCUT2D eigenvalue weighted by Crippen LogP contribution is -2.45. The zero-order valence-electron chi connectivity index (χ0n) is 24.5. The Kier molecular flexibility index (Phi) is 7.92. The molecule has 212 valence electrons. The molecule has 2 fully saturated rings. The maximum atomic E-state index is 6.81. The van der Waals surface area contributed by atoms with Gasteiger partial charge in [-0.15, -0.1) is 0 Å². The second-order valence-electron chi connectivity index (χ2n) is 12.3. The van der Waals surface area contributed by atoms with Gasteiger partial charge >= 0.3 is 0 Å². The molecule has 4 nitrogen and oxygen atoms in total. The highest BCUT2D eigenvalue weighted by molar-refractivity contribution is 5.45. The molecular formula is C36H44O4. The summed E-state index contributed by atoms with van der Waals surface area (Å²) in [5.41, 5.74) is 6.28. The highest BCUT2D eigenvalue weighted by Crippen LogP contribution is 2.46. The van der Waals surface area contributed by atoms with Gasteiger partial charge in [0.15, 0.2) is 0 Å². The van der Waals surface area contributed by atoms with E-state index in [4.69, 9.17) is 18.9 Å². The zero-order valence-corrected chi connectivity index (χ0v) is 24.5. The van der Waals surface area contributed by atoms with Gasteiger partial charge < -0.3 is 18.9 Å². The van der Waals surface area contributed by atoms with Crippen molar-refractivity contribution in [3.63, 3.8) is 0 Å². The molecule has 3 aromatic carbocycles. The second kappa shape index (κ2) is 11.6. The third-order valence-electron chi connectivity index (χ3n) is 9.84. The Hall–Kier alpha value is -2.82. The SMILES string of the molecule is CC[C@H]1OC(c2ccc(OC)c(Cc3ccc4c(c3)CCC3(CCC3)O4)c2)C(OCc2ccccc2)C(C)[C@@H]1C. The van der Waals surface area contributed by atoms with Gasteiger partial charge in [-0.3, -0.25) is 0 Å². The number of ether oxygens (including phenoxy) is 4. The summed E-state index contributed by atoms with van der Waals surface area (Å²) in [5, 5.41) is 0. The quantitative estimate of drug-likeness (QED) is 0.288. The number of aryl methyl sites for hydroxylation is 1. The first-order valence-electron chi connectivity index (χ1n) is 15.3. The minimum Gasteiger partial charge on any atom is -0.496 e. The molecule has 2 heterocycles. The molecule has 1 spiro atoms. The van der Waals surface area contributed by atoms with Crippen LogP contribution in [0.2, 0.25) is 0 Å². The van der Waals surface area contributed by atoms with Crippen LogP contribution in [0.3, 0.4) is 0 Å². The smallest absolute Gasteiger partial charge is 0.123 e. The van der Waals surface area contributed by atoms with Crippen LogP contribution in [0, 0.1) is 11.8 Å². The number of methoxy groups -OCH3 is 1. The maximum Gasteiger partial charge on any atom is 0.123 e. The van der Waals surface area contributed by atoms with Crippen LogP contribution >= 0.6 is 0 Å². The Balaban J connectivity index is 1.26. The molecule has 6 rings (SSSR count). The fourth-order valence-corrected chi connectivity index (χ4v) is 6.99. The van der Waals surface area contributed by atoms with Gasteiger partial charge in [0.1, 0.15) is 23.2 Å². The predicted octanol–water partition coefficient (Wildman–Crippen LogP) is 8.24. The largest absolute Gasteiger partial charge is 0.496 e. The molecule has 1 saturated heterocycles. The van der Waals surface area contributed by atoms with Crippen molar-refractivity contribution in [2.75, 3.05) is 7.11 Å². The molecule has 0 N–H and O–H groups in total. The number of rotatable bonds is 8. The van der Waals surface area contributed by atoms with E-state index in [0.717, 1.165) is 37.2 Å². The summed E-state index contributed by atoms with van der Waals surface area (Å²) in [5.74, 6) is 2.80. The van der Waals surface area contributed by atoms with Crippen LogP contribution in [0.1, 0.15) is 86.8 Å². The zero-order chi connectivity index (χ0) is 27.7. The third kappa shape index (κ3) is 5.41. The molecule has 1 saturated carbocycles. The van der Waals surface area contributed by atoms with E-state index in [0.29, 0.717) is 18.4 Å². The number of hydrogen-bond acceptors (Lipinski definition) is 4. The second-order valence-corrected chi connectivity index (χ2v) is 12.3. The van der Waals surface area contributed by atoms with Crippen LogP contribution in [0.4, 0.5) is 0 Å². The summed E-state index contributed by atoms with van der Waals surface area (Å²) < 4.78 is 25.8. The standard InChI is InChI=1S/C36H44O4/c1-5-31-24(2)25(3)34(38-23-26-10-7-6-8-11-26)35(39-31)29-13-15-32(37-4)30(22-29)21-27-12-14-33-28(20-27)16-19-36(40-33)17-9-18-36/h6-8,10-15,20,22,24-25,31,34-35H,5,9,16-19,21,23H2,1-4H3/t24-,25?,31+,34?,35?/m0/s1. The first-order valence-corrected chi connectivity index (χ1v) is 15.3. The van der Waals surface area contributed by atoms with Gasteiger partial charge in [0.2, 0.25) is 0 Å². The maximum absolute atomic E-state index is 6.81. The van der Waals surface area contributed by atoms with Gasteiger partial charge in [0.25, 0.3) is 0 Å². The Labute approximate surface area is 240 Å². The molecular weight excluding hydrogens is 496 g/mol. The van der Waals surface area contributed by atoms with Crippen molar-refractivity contribution in [3.05, 3.63) is 94.5 Å². The topological polar surface area (TPSA) is 36.9 Å². The van der Waals surface area contributed by atoms with Crippen molar-refractivity contribution in [1.82, 2.24) is 0 Å². The summed E-state index contributed by atoms with van der Waals surface area (Å²) in [4.78, 5) is 0. The van der Waals surface area contributed by atoms with E-state index in [-0.39, 0.29) is 23.9 Å². The molecule has 0 bridgehead atoms. The fraction of sp³-hybridized carbons (Fsp3) is 0.500. The molecule has 3 aromatic rings. The van der Waals surface area contributed by atoms with Crippen molar-refractivity contribution in [2.24, 2.45) is 11.8 Å². The first-order chi connectivity index (χ1) is 19.5. The molecule has 5 atom stereocenters. The van der Waals surface area contributed by atoms with Crippen molar-refractivity contribution in [1.29, 1.82) is 0 Å². The molecule has 1 aliphatic carbocycles. The normalized spacial score (nSPS) is 26.9. The van der Waals surface area contributed by atoms with Gasteiger partial charge in [-0.05, 0) is 96.4 Å². The summed E-state index contributed by atoms with van der Waals surface area (Å²) in [6.07, 6.45) is 7.80. The van der Waals surface area contributed by atoms with E-state index >= 15 is 0 Å². The van der Waals surface area contributed by atoms with E-state index in [1.807, 2.05) is 6.07 Å². The fourth-order valence-electron chi connectivity index (χ4n) is 6.99. The average molecular weight is 541 g/mol. The molecule has 0 aromatic heterocycles. The van der Waals surface area contributed by atoms with Crippen LogP contribution in [0.5, 0.6) is 11.5 Å². The van der Waals surface area contributed by atoms with Gasteiger partial charge in [-0.25, -0.2) is 0 Å². The Morgan fingerprint density at radius 2 is 1.73 bits per heavy atom. The molecule has 40 heavy (non-hydrogen) atoms. The van der Waals surface area contributed by atoms with Crippen molar-refractivity contribution >= 4 is 0 Å². The number of benzene rings is 3. The highest BCUT2D eigenvalue weighted by Gasteiger charge is 2.43. The van der Waals surface area contributed by atoms with E-state index in [1.54, 1.807) is 7.11 Å². The third-order valence-corrected chi connectivity index (χ3v) is 9.84. The van der Waals surface area contributed by atoms with E-state index in [9.17, 15) is 0 Å². The van der Waals surface area contributed by atoms with Crippen LogP contribution in [0.25, 0.3) is 0 Å². The molecule has 3 unspecified atom stereocenters. The highest BCUT2D eigenvalue weighted by atomic mass is 16.6. The molecule has 0 radical (unpaired) electrons. The lowest BCUT2D eigenvalue weighted by atomic mass is 9.74. The van der Waals surface area contributed by atoms with Crippen molar-refractivity contribution in [2.45, 2.75) is 96.2 Å². The summed E-state index contributed by atoms with van der Waals surface area (Å²) in [6.45, 7) is 7.44. The average Bonchev–Trinajstić information content (AvgIpc) is 2.97. The van der Waals surface area contributed by atoms with Gasteiger partial charge in [-0.2, -0.15) is 0 Å². The van der Waals surface area contributed by atoms with E-state index < -0.39 is 0 Å². The molecule has 0 amide bonds. The van der Waals surface area contributed by atoms with Crippen LogP contribution in [0.15, 0.2) is 66.7 Å². The Morgan fingerprint density at radius 3 is 2.45 bits per heavy atom. The minimum absolute atomic E-state index is 0.0287. The van der Waals surface area contributed by atoms with E-state index in [2.05, 4.69) is 81.4 Å². The van der Waals surface area contributed by atoms with Gasteiger partial charge in [0, 0.05) is 6.42 Å². The van der Waals surface area contributed by atoms with Crippen LogP contribution < -0.4 is 9.47 Å². The lowest BCUT2D eigenvalue weighted by molar-refractivity contribution is -0.194. The van der Waals surface area contributed by atoms with Gasteiger partial charge in [0.05, 0.1) is 25.9 Å². The van der Waals surface area contributed by atoms with E-state index in [1.165, 1.54) is 47.1 Å². The number of fused-ring (bicyclic) bond motifs is 1. The van der Waals surface area contributed by atoms with Crippen molar-refractivity contribution in [3.8, 4) is 11.5 Å². The number of hydrogen-bond donors (Lipinski definition) is 0. The summed E-state index contributed by atoms with van der Waals surface area (Å²) in [7, 11) is 1.76. The Morgan fingerprint density at radius 1 is 0.900 bits per heavy atom. The van der Waals surface area contributed by atoms with Crippen LogP contribution in [-0.2, 0) is 28.9 Å². The molecule has 4 heteroatoms. The Bertz CT molecular complexity index is 1300. The monoisotopic (exact) mass is 540 g/mol.